The molecule has 0 saturated heterocycles. The van der Waals surface area contributed by atoms with E-state index in [4.69, 9.17) is 4.74 Å². The van der Waals surface area contributed by atoms with Crippen molar-refractivity contribution in [1.29, 1.82) is 0 Å². The smallest absolute Gasteiger partial charge is 0.341 e. The zero-order valence-electron chi connectivity index (χ0n) is 15.4. The van der Waals surface area contributed by atoms with E-state index in [-0.39, 0.29) is 12.5 Å². The van der Waals surface area contributed by atoms with Crippen LogP contribution in [0.2, 0.25) is 0 Å². The van der Waals surface area contributed by atoms with Crippen molar-refractivity contribution >= 4 is 66.2 Å². The van der Waals surface area contributed by atoms with Gasteiger partial charge in [0.05, 0.1) is 6.61 Å². The molecule has 1 heterocycles. The van der Waals surface area contributed by atoms with E-state index in [9.17, 15) is 9.59 Å². The zero-order valence-corrected chi connectivity index (χ0v) is 19.4. The summed E-state index contributed by atoms with van der Waals surface area (Å²) in [5.74, 6) is -0.776. The normalized spacial score (nSPS) is 10.9. The topological polar surface area (TPSA) is 55.4 Å². The Kier molecular flexibility index (Phi) is 7.41. The Morgan fingerprint density at radius 2 is 1.66 bits per heavy atom. The number of carbonyl (C=O) groups is 2. The number of hydrogen-bond acceptors (Lipinski definition) is 4. The van der Waals surface area contributed by atoms with E-state index in [1.807, 2.05) is 53.9 Å². The molecule has 7 heteroatoms. The number of amides is 1. The monoisotopic (exact) mass is 533 g/mol. The molecule has 0 aliphatic heterocycles. The highest BCUT2D eigenvalue weighted by atomic mass is 79.9. The van der Waals surface area contributed by atoms with Gasteiger partial charge in [-0.3, -0.25) is 4.79 Å². The van der Waals surface area contributed by atoms with Crippen LogP contribution < -0.4 is 5.32 Å². The molecule has 0 atom stereocenters. The first-order valence-corrected chi connectivity index (χ1v) is 11.2. The largest absolute Gasteiger partial charge is 0.462 e. The summed E-state index contributed by atoms with van der Waals surface area (Å²) in [7, 11) is 0. The van der Waals surface area contributed by atoms with E-state index >= 15 is 0 Å². The lowest BCUT2D eigenvalue weighted by molar-refractivity contribution is -0.111. The first-order chi connectivity index (χ1) is 14.0. The van der Waals surface area contributed by atoms with E-state index in [1.165, 1.54) is 17.4 Å². The van der Waals surface area contributed by atoms with Crippen molar-refractivity contribution in [3.05, 3.63) is 80.1 Å². The molecule has 0 radical (unpaired) electrons. The molecular weight excluding hydrogens is 518 g/mol. The summed E-state index contributed by atoms with van der Waals surface area (Å²) < 4.78 is 7.13. The van der Waals surface area contributed by atoms with Gasteiger partial charge in [-0.25, -0.2) is 4.79 Å². The van der Waals surface area contributed by atoms with Crippen LogP contribution in [0.3, 0.4) is 0 Å². The molecule has 0 spiro atoms. The molecular formula is C22H17Br2NO3S. The van der Waals surface area contributed by atoms with Crippen LogP contribution >= 0.6 is 43.2 Å². The highest BCUT2D eigenvalue weighted by Gasteiger charge is 2.22. The molecule has 0 saturated carbocycles. The van der Waals surface area contributed by atoms with Gasteiger partial charge in [-0.2, -0.15) is 0 Å². The van der Waals surface area contributed by atoms with Gasteiger partial charge in [0.25, 0.3) is 0 Å². The van der Waals surface area contributed by atoms with Crippen LogP contribution in [0.5, 0.6) is 0 Å². The molecule has 3 rings (SSSR count). The summed E-state index contributed by atoms with van der Waals surface area (Å²) in [5.41, 5.74) is 2.87. The van der Waals surface area contributed by atoms with Crippen molar-refractivity contribution in [3.8, 4) is 11.1 Å². The zero-order chi connectivity index (χ0) is 20.8. The predicted molar refractivity (Wildman–Crippen MR) is 125 cm³/mol. The van der Waals surface area contributed by atoms with Crippen LogP contribution in [-0.4, -0.2) is 18.5 Å². The highest BCUT2D eigenvalue weighted by Crippen LogP contribution is 2.36. The fourth-order valence-electron chi connectivity index (χ4n) is 2.60. The van der Waals surface area contributed by atoms with E-state index in [2.05, 4.69) is 37.2 Å². The van der Waals surface area contributed by atoms with E-state index in [1.54, 1.807) is 13.0 Å². The number of halogens is 2. The second-order valence-electron chi connectivity index (χ2n) is 5.96. The first-order valence-electron chi connectivity index (χ1n) is 8.77. The minimum Gasteiger partial charge on any atom is -0.462 e. The van der Waals surface area contributed by atoms with Gasteiger partial charge in [0.2, 0.25) is 5.91 Å². The Hall–Kier alpha value is -2.22. The molecule has 148 valence electrons. The standard InChI is InChI=1S/C22H17Br2NO3S/c1-2-28-22(27)20-18(15-6-10-17(24)11-7-15)13-29-21(20)25-19(26)12-5-14-3-8-16(23)9-4-14/h3-13H,2H2,1H3,(H,25,26). The number of nitrogens with one attached hydrogen (secondary N) is 1. The van der Waals surface area contributed by atoms with Crippen LogP contribution in [0.1, 0.15) is 22.8 Å². The number of carbonyl (C=O) groups excluding carboxylic acids is 2. The SMILES string of the molecule is CCOC(=O)c1c(-c2ccc(Br)cc2)csc1NC(=O)C=Cc1ccc(Br)cc1. The molecule has 0 fully saturated rings. The number of hydrogen-bond donors (Lipinski definition) is 1. The maximum absolute atomic E-state index is 12.6. The fraction of sp³-hybridized carbons (Fsp3) is 0.0909. The molecule has 3 aromatic rings. The van der Waals surface area contributed by atoms with Crippen LogP contribution in [0.15, 0.2) is 68.9 Å². The van der Waals surface area contributed by atoms with E-state index in [0.717, 1.165) is 25.6 Å². The third-order valence-corrected chi connectivity index (χ3v) is 5.91. The van der Waals surface area contributed by atoms with Crippen molar-refractivity contribution in [3.63, 3.8) is 0 Å². The number of anilines is 1. The Labute approximate surface area is 189 Å². The number of benzene rings is 2. The van der Waals surface area contributed by atoms with Gasteiger partial charge in [-0.05, 0) is 48.4 Å². The van der Waals surface area contributed by atoms with Gasteiger partial charge >= 0.3 is 5.97 Å². The lowest BCUT2D eigenvalue weighted by Gasteiger charge is -2.08. The molecule has 0 bridgehead atoms. The van der Waals surface area contributed by atoms with Gasteiger partial charge in [0.15, 0.2) is 0 Å². The minimum atomic E-state index is -0.459. The number of ether oxygens (including phenoxy) is 1. The molecule has 2 aromatic carbocycles. The fourth-order valence-corrected chi connectivity index (χ4v) is 4.09. The van der Waals surface area contributed by atoms with Crippen LogP contribution in [0, 0.1) is 0 Å². The minimum absolute atomic E-state index is 0.255. The van der Waals surface area contributed by atoms with Crippen molar-refractivity contribution in [2.24, 2.45) is 0 Å². The van der Waals surface area contributed by atoms with Crippen LogP contribution in [0.4, 0.5) is 5.00 Å². The summed E-state index contributed by atoms with van der Waals surface area (Å²) in [6.45, 7) is 2.01. The molecule has 0 unspecified atom stereocenters. The van der Waals surface area contributed by atoms with Crippen molar-refractivity contribution in [2.75, 3.05) is 11.9 Å². The van der Waals surface area contributed by atoms with E-state index < -0.39 is 5.97 Å². The van der Waals surface area contributed by atoms with Crippen LogP contribution in [0.25, 0.3) is 17.2 Å². The van der Waals surface area contributed by atoms with Crippen molar-refractivity contribution < 1.29 is 14.3 Å². The lowest BCUT2D eigenvalue weighted by atomic mass is 10.0. The Morgan fingerprint density at radius 3 is 2.28 bits per heavy atom. The number of rotatable bonds is 6. The summed E-state index contributed by atoms with van der Waals surface area (Å²) in [4.78, 5) is 25.0. The van der Waals surface area contributed by atoms with Gasteiger partial charge in [0, 0.05) is 26.0 Å². The quantitative estimate of drug-likeness (QED) is 0.280. The predicted octanol–water partition coefficient (Wildman–Crippen LogP) is 6.77. The summed E-state index contributed by atoms with van der Waals surface area (Å²) in [6.07, 6.45) is 3.16. The molecule has 1 N–H and O–H groups in total. The number of esters is 1. The highest BCUT2D eigenvalue weighted by molar-refractivity contribution is 9.10. The summed E-state index contributed by atoms with van der Waals surface area (Å²) in [6, 6.07) is 15.2. The third-order valence-electron chi connectivity index (χ3n) is 3.96. The number of thiophene rings is 1. The van der Waals surface area contributed by atoms with Crippen molar-refractivity contribution in [2.45, 2.75) is 6.92 Å². The Bertz CT molecular complexity index is 1040. The second-order valence-corrected chi connectivity index (χ2v) is 8.67. The van der Waals surface area contributed by atoms with Crippen LogP contribution in [-0.2, 0) is 9.53 Å². The molecule has 1 amide bonds. The third kappa shape index (κ3) is 5.65. The van der Waals surface area contributed by atoms with Gasteiger partial charge in [0.1, 0.15) is 10.6 Å². The van der Waals surface area contributed by atoms with Gasteiger partial charge < -0.3 is 10.1 Å². The maximum Gasteiger partial charge on any atom is 0.341 e. The van der Waals surface area contributed by atoms with Crippen molar-refractivity contribution in [1.82, 2.24) is 0 Å². The molecule has 29 heavy (non-hydrogen) atoms. The molecule has 4 nitrogen and oxygen atoms in total. The second kappa shape index (κ2) is 10.0. The Morgan fingerprint density at radius 1 is 1.03 bits per heavy atom. The van der Waals surface area contributed by atoms with Gasteiger partial charge in [-0.1, -0.05) is 56.1 Å². The Balaban J connectivity index is 1.86. The van der Waals surface area contributed by atoms with E-state index in [0.29, 0.717) is 10.6 Å². The molecule has 0 aliphatic carbocycles. The summed E-state index contributed by atoms with van der Waals surface area (Å²) in [5, 5.41) is 5.12. The maximum atomic E-state index is 12.6. The molecule has 0 aliphatic rings. The summed E-state index contributed by atoms with van der Waals surface area (Å²) >= 11 is 8.09. The first kappa shape index (κ1) is 21.5. The average Bonchev–Trinajstić information content (AvgIpc) is 3.12. The lowest BCUT2D eigenvalue weighted by Crippen LogP contribution is -2.12. The van der Waals surface area contributed by atoms with Gasteiger partial charge in [-0.15, -0.1) is 11.3 Å². The molecule has 1 aromatic heterocycles. The average molecular weight is 535 g/mol.